The lowest BCUT2D eigenvalue weighted by Crippen LogP contribution is -2.32. The minimum absolute atomic E-state index is 0. The molecule has 0 amide bonds. The third kappa shape index (κ3) is 6.19. The maximum Gasteiger partial charge on any atom is 0.212 e. The largest absolute Gasteiger partial charge is 0.319 e. The molecule has 3 aromatic rings. The van der Waals surface area contributed by atoms with E-state index in [-0.39, 0.29) is 24.8 Å². The van der Waals surface area contributed by atoms with Crippen molar-refractivity contribution in [2.75, 3.05) is 13.1 Å². The van der Waals surface area contributed by atoms with Crippen molar-refractivity contribution < 1.29 is 13.2 Å². The minimum atomic E-state index is -0.917. The second kappa shape index (κ2) is 11.6. The van der Waals surface area contributed by atoms with Crippen LogP contribution in [0, 0.1) is 17.6 Å². The van der Waals surface area contributed by atoms with Gasteiger partial charge in [0.15, 0.2) is 11.6 Å². The van der Waals surface area contributed by atoms with Crippen molar-refractivity contribution >= 4 is 24.8 Å². The number of likely N-dealkylation sites (tertiary alicyclic amines) is 1. The van der Waals surface area contributed by atoms with Gasteiger partial charge in [-0.05, 0) is 72.8 Å². The smallest absolute Gasteiger partial charge is 0.212 e. The number of nitrogens with two attached hydrogens (primary N) is 1. The molecule has 2 N–H and O–H groups in total. The molecule has 32 heavy (non-hydrogen) atoms. The van der Waals surface area contributed by atoms with Gasteiger partial charge in [-0.15, -0.1) is 24.8 Å². The number of halogens is 5. The molecule has 4 nitrogen and oxygen atoms in total. The quantitative estimate of drug-likeness (QED) is 0.507. The SMILES string of the molecule is Cl.Cl.NC(c1ccc(F)c(F)c1)c1ccc(CN2CCC(c3ccc(F)nc3)CC2)cn1. The van der Waals surface area contributed by atoms with E-state index < -0.39 is 23.6 Å². The summed E-state index contributed by atoms with van der Waals surface area (Å²) in [4.78, 5) is 10.5. The topological polar surface area (TPSA) is 55.0 Å². The highest BCUT2D eigenvalue weighted by Gasteiger charge is 2.21. The Labute approximate surface area is 197 Å². The summed E-state index contributed by atoms with van der Waals surface area (Å²) < 4.78 is 39.6. The molecule has 0 radical (unpaired) electrons. The lowest BCUT2D eigenvalue weighted by Gasteiger charge is -2.32. The monoisotopic (exact) mass is 484 g/mol. The lowest BCUT2D eigenvalue weighted by atomic mass is 9.90. The maximum absolute atomic E-state index is 13.5. The Hall–Kier alpha value is -2.19. The van der Waals surface area contributed by atoms with Crippen LogP contribution in [0.5, 0.6) is 0 Å². The molecule has 172 valence electrons. The third-order valence-corrected chi connectivity index (χ3v) is 5.68. The Balaban J connectivity index is 0.00000181. The van der Waals surface area contributed by atoms with E-state index >= 15 is 0 Å². The number of piperidine rings is 1. The lowest BCUT2D eigenvalue weighted by molar-refractivity contribution is 0.204. The summed E-state index contributed by atoms with van der Waals surface area (Å²) in [6.07, 6.45) is 5.42. The van der Waals surface area contributed by atoms with Crippen LogP contribution >= 0.6 is 24.8 Å². The van der Waals surface area contributed by atoms with E-state index in [1.54, 1.807) is 12.4 Å². The second-order valence-electron chi connectivity index (χ2n) is 7.71. The molecule has 4 rings (SSSR count). The van der Waals surface area contributed by atoms with Crippen molar-refractivity contribution in [3.05, 3.63) is 94.8 Å². The molecule has 0 spiro atoms. The molecule has 1 unspecified atom stereocenters. The number of hydrogen-bond donors (Lipinski definition) is 1. The fourth-order valence-electron chi connectivity index (χ4n) is 3.90. The van der Waals surface area contributed by atoms with Gasteiger partial charge < -0.3 is 5.73 Å². The van der Waals surface area contributed by atoms with Crippen LogP contribution in [0.15, 0.2) is 54.9 Å². The molecule has 0 bridgehead atoms. The first-order valence-electron chi connectivity index (χ1n) is 9.99. The van der Waals surface area contributed by atoms with E-state index in [1.807, 2.05) is 18.2 Å². The van der Waals surface area contributed by atoms with Gasteiger partial charge in [-0.2, -0.15) is 4.39 Å². The summed E-state index contributed by atoms with van der Waals surface area (Å²) in [5, 5.41) is 0. The van der Waals surface area contributed by atoms with E-state index in [1.165, 1.54) is 12.1 Å². The summed E-state index contributed by atoms with van der Waals surface area (Å²) in [7, 11) is 0. The summed E-state index contributed by atoms with van der Waals surface area (Å²) in [5.41, 5.74) is 9.40. The molecule has 3 heterocycles. The normalized spacial score (nSPS) is 15.5. The van der Waals surface area contributed by atoms with Crippen molar-refractivity contribution in [3.8, 4) is 0 Å². The predicted molar refractivity (Wildman–Crippen MR) is 123 cm³/mol. The van der Waals surface area contributed by atoms with E-state index in [4.69, 9.17) is 5.73 Å². The van der Waals surface area contributed by atoms with E-state index in [2.05, 4.69) is 14.9 Å². The number of hydrogen-bond acceptors (Lipinski definition) is 4. The van der Waals surface area contributed by atoms with E-state index in [0.717, 1.165) is 55.7 Å². The van der Waals surface area contributed by atoms with Crippen LogP contribution in [0.1, 0.15) is 47.2 Å². The number of aromatic nitrogens is 2. The van der Waals surface area contributed by atoms with Crippen molar-refractivity contribution in [2.45, 2.75) is 31.3 Å². The van der Waals surface area contributed by atoms with Gasteiger partial charge in [0, 0.05) is 18.9 Å². The maximum atomic E-state index is 13.5. The highest BCUT2D eigenvalue weighted by molar-refractivity contribution is 5.85. The summed E-state index contributed by atoms with van der Waals surface area (Å²) in [5.74, 6) is -1.85. The summed E-state index contributed by atoms with van der Waals surface area (Å²) >= 11 is 0. The highest BCUT2D eigenvalue weighted by Crippen LogP contribution is 2.28. The van der Waals surface area contributed by atoms with Crippen LogP contribution in [-0.4, -0.2) is 28.0 Å². The van der Waals surface area contributed by atoms with E-state index in [0.29, 0.717) is 17.2 Å². The second-order valence-corrected chi connectivity index (χ2v) is 7.71. The molecular formula is C23H25Cl2F3N4. The van der Waals surface area contributed by atoms with Crippen LogP contribution in [0.25, 0.3) is 0 Å². The molecule has 1 aromatic carbocycles. The van der Waals surface area contributed by atoms with Gasteiger partial charge in [-0.1, -0.05) is 18.2 Å². The zero-order valence-corrected chi connectivity index (χ0v) is 18.9. The number of pyridine rings is 2. The van der Waals surface area contributed by atoms with Gasteiger partial charge in [-0.25, -0.2) is 13.8 Å². The highest BCUT2D eigenvalue weighted by atomic mass is 35.5. The average molecular weight is 485 g/mol. The summed E-state index contributed by atoms with van der Waals surface area (Å²) in [6.45, 7) is 2.67. The van der Waals surface area contributed by atoms with Gasteiger partial charge >= 0.3 is 0 Å². The van der Waals surface area contributed by atoms with Gasteiger partial charge in [-0.3, -0.25) is 9.88 Å². The standard InChI is InChI=1S/C23H23F3N4.2ClH/c24-19-4-2-17(11-20(19)25)23(27)21-5-1-15(12-28-21)14-30-9-7-16(8-10-30)18-3-6-22(26)29-13-18;;/h1-6,11-13,16,23H,7-10,14,27H2;2*1H. The Kier molecular flexibility index (Phi) is 9.46. The molecule has 0 saturated carbocycles. The Morgan fingerprint density at radius 3 is 2.25 bits per heavy atom. The van der Waals surface area contributed by atoms with Gasteiger partial charge in [0.2, 0.25) is 5.95 Å². The van der Waals surface area contributed by atoms with Crippen molar-refractivity contribution in [2.24, 2.45) is 5.73 Å². The molecule has 9 heteroatoms. The molecule has 1 atom stereocenters. The molecule has 1 saturated heterocycles. The minimum Gasteiger partial charge on any atom is -0.319 e. The van der Waals surface area contributed by atoms with E-state index in [9.17, 15) is 13.2 Å². The average Bonchev–Trinajstić information content (AvgIpc) is 2.77. The molecule has 1 fully saturated rings. The Bertz CT molecular complexity index is 995. The van der Waals surface area contributed by atoms with Crippen molar-refractivity contribution in [3.63, 3.8) is 0 Å². The predicted octanol–water partition coefficient (Wildman–Crippen LogP) is 5.17. The molecule has 1 aliphatic rings. The number of rotatable bonds is 5. The fraction of sp³-hybridized carbons (Fsp3) is 0.304. The first-order chi connectivity index (χ1) is 14.5. The zero-order valence-electron chi connectivity index (χ0n) is 17.3. The molecule has 0 aliphatic carbocycles. The molecule has 1 aliphatic heterocycles. The van der Waals surface area contributed by atoms with Crippen LogP contribution < -0.4 is 5.73 Å². The fourth-order valence-corrected chi connectivity index (χ4v) is 3.90. The van der Waals surface area contributed by atoms with Crippen LogP contribution in [0.2, 0.25) is 0 Å². The van der Waals surface area contributed by atoms with Crippen molar-refractivity contribution in [1.29, 1.82) is 0 Å². The summed E-state index contributed by atoms with van der Waals surface area (Å²) in [6, 6.07) is 10.1. The van der Waals surface area contributed by atoms with Crippen LogP contribution in [-0.2, 0) is 6.54 Å². The van der Waals surface area contributed by atoms with Crippen LogP contribution in [0.3, 0.4) is 0 Å². The van der Waals surface area contributed by atoms with Crippen molar-refractivity contribution in [1.82, 2.24) is 14.9 Å². The Morgan fingerprint density at radius 2 is 1.66 bits per heavy atom. The number of nitrogens with zero attached hydrogens (tertiary/aromatic N) is 3. The molecule has 2 aromatic heterocycles. The van der Waals surface area contributed by atoms with Gasteiger partial charge in [0.25, 0.3) is 0 Å². The van der Waals surface area contributed by atoms with Gasteiger partial charge in [0.1, 0.15) is 0 Å². The first-order valence-corrected chi connectivity index (χ1v) is 9.99. The Morgan fingerprint density at radius 1 is 0.906 bits per heavy atom. The first kappa shape index (κ1) is 26.1. The third-order valence-electron chi connectivity index (χ3n) is 5.68. The van der Waals surface area contributed by atoms with Crippen LogP contribution in [0.4, 0.5) is 13.2 Å². The van der Waals surface area contributed by atoms with Gasteiger partial charge in [0.05, 0.1) is 11.7 Å². The number of benzene rings is 1. The molecular weight excluding hydrogens is 460 g/mol. The zero-order chi connectivity index (χ0) is 21.1.